The van der Waals surface area contributed by atoms with Crippen LogP contribution in [0.15, 0.2) is 44.7 Å². The number of benzene rings is 1. The van der Waals surface area contributed by atoms with Gasteiger partial charge in [-0.25, -0.2) is 0 Å². The van der Waals surface area contributed by atoms with Crippen molar-refractivity contribution < 1.29 is 4.79 Å². The molecular formula is C13H11Br2NOS. The normalized spacial score (nSPS) is 10.4. The standard InChI is InChI=1S/C13H11Br2NOS/c1-16(8-9-4-2-3-5-10(9)14)13(17)11-6-7-12(15)18-11/h2-7H,8H2,1H3. The largest absolute Gasteiger partial charge is 0.337 e. The Morgan fingerprint density at radius 1 is 1.22 bits per heavy atom. The van der Waals surface area contributed by atoms with Crippen LogP contribution in [-0.4, -0.2) is 17.9 Å². The van der Waals surface area contributed by atoms with Crippen molar-refractivity contribution in [2.45, 2.75) is 6.54 Å². The first-order valence-corrected chi connectivity index (χ1v) is 7.72. The minimum absolute atomic E-state index is 0.0430. The van der Waals surface area contributed by atoms with Gasteiger partial charge in [0.05, 0.1) is 8.66 Å². The molecule has 2 nitrogen and oxygen atoms in total. The summed E-state index contributed by atoms with van der Waals surface area (Å²) >= 11 is 8.31. The average molecular weight is 389 g/mol. The maximum atomic E-state index is 12.2. The summed E-state index contributed by atoms with van der Waals surface area (Å²) in [7, 11) is 1.81. The van der Waals surface area contributed by atoms with Crippen LogP contribution < -0.4 is 0 Å². The first-order valence-electron chi connectivity index (χ1n) is 5.32. The Balaban J connectivity index is 2.11. The molecule has 1 amide bonds. The van der Waals surface area contributed by atoms with Gasteiger partial charge in [0, 0.05) is 18.1 Å². The number of nitrogens with zero attached hydrogens (tertiary/aromatic N) is 1. The van der Waals surface area contributed by atoms with Crippen molar-refractivity contribution in [3.05, 3.63) is 55.1 Å². The lowest BCUT2D eigenvalue weighted by atomic mass is 10.2. The number of thiophene rings is 1. The lowest BCUT2D eigenvalue weighted by Crippen LogP contribution is -2.25. The van der Waals surface area contributed by atoms with Crippen molar-refractivity contribution in [3.8, 4) is 0 Å². The van der Waals surface area contributed by atoms with E-state index < -0.39 is 0 Å². The van der Waals surface area contributed by atoms with Gasteiger partial charge in [0.1, 0.15) is 0 Å². The highest BCUT2D eigenvalue weighted by Crippen LogP contribution is 2.24. The van der Waals surface area contributed by atoms with E-state index in [1.807, 2.05) is 43.4 Å². The van der Waals surface area contributed by atoms with Crippen LogP contribution in [0.1, 0.15) is 15.2 Å². The predicted molar refractivity (Wildman–Crippen MR) is 82.0 cm³/mol. The first-order chi connectivity index (χ1) is 8.58. The molecule has 0 unspecified atom stereocenters. The third-order valence-electron chi connectivity index (χ3n) is 2.50. The van der Waals surface area contributed by atoms with Crippen molar-refractivity contribution in [1.29, 1.82) is 0 Å². The van der Waals surface area contributed by atoms with Crippen LogP contribution in [0.3, 0.4) is 0 Å². The van der Waals surface area contributed by atoms with Crippen LogP contribution in [0.5, 0.6) is 0 Å². The molecule has 0 bridgehead atoms. The molecule has 0 radical (unpaired) electrons. The van der Waals surface area contributed by atoms with Gasteiger partial charge >= 0.3 is 0 Å². The van der Waals surface area contributed by atoms with Crippen LogP contribution >= 0.6 is 43.2 Å². The minimum atomic E-state index is 0.0430. The smallest absolute Gasteiger partial charge is 0.264 e. The maximum absolute atomic E-state index is 12.2. The van der Waals surface area contributed by atoms with Gasteiger partial charge in [0.15, 0.2) is 0 Å². The summed E-state index contributed by atoms with van der Waals surface area (Å²) in [6.45, 7) is 0.593. The molecule has 2 aromatic rings. The van der Waals surface area contributed by atoms with E-state index in [4.69, 9.17) is 0 Å². The Hall–Kier alpha value is -0.650. The van der Waals surface area contributed by atoms with Crippen LogP contribution in [-0.2, 0) is 6.54 Å². The fourth-order valence-corrected chi connectivity index (χ4v) is 3.36. The van der Waals surface area contributed by atoms with Crippen LogP contribution in [0.25, 0.3) is 0 Å². The number of carbonyl (C=O) groups excluding carboxylic acids is 1. The van der Waals surface area contributed by atoms with Gasteiger partial charge in [-0.2, -0.15) is 0 Å². The molecule has 5 heteroatoms. The van der Waals surface area contributed by atoms with E-state index in [2.05, 4.69) is 31.9 Å². The van der Waals surface area contributed by atoms with E-state index in [0.29, 0.717) is 6.54 Å². The van der Waals surface area contributed by atoms with Gasteiger partial charge in [-0.15, -0.1) is 11.3 Å². The van der Waals surface area contributed by atoms with Crippen molar-refractivity contribution in [2.75, 3.05) is 7.05 Å². The summed E-state index contributed by atoms with van der Waals surface area (Å²) < 4.78 is 2.00. The molecule has 0 saturated carbocycles. The van der Waals surface area contributed by atoms with E-state index in [-0.39, 0.29) is 5.91 Å². The van der Waals surface area contributed by atoms with Crippen molar-refractivity contribution in [3.63, 3.8) is 0 Å². The topological polar surface area (TPSA) is 20.3 Å². The summed E-state index contributed by atoms with van der Waals surface area (Å²) in [6.07, 6.45) is 0. The van der Waals surface area contributed by atoms with Crippen LogP contribution in [0.2, 0.25) is 0 Å². The molecule has 0 fully saturated rings. The highest BCUT2D eigenvalue weighted by molar-refractivity contribution is 9.11. The predicted octanol–water partition coefficient (Wildman–Crippen LogP) is 4.55. The number of amides is 1. The molecule has 0 atom stereocenters. The van der Waals surface area contributed by atoms with Gasteiger partial charge in [-0.1, -0.05) is 34.1 Å². The Morgan fingerprint density at radius 3 is 2.56 bits per heavy atom. The molecule has 18 heavy (non-hydrogen) atoms. The molecule has 1 aromatic heterocycles. The molecule has 0 spiro atoms. The summed E-state index contributed by atoms with van der Waals surface area (Å²) in [5.41, 5.74) is 1.10. The number of rotatable bonds is 3. The van der Waals surface area contributed by atoms with Gasteiger partial charge in [-0.05, 0) is 39.7 Å². The second kappa shape index (κ2) is 5.99. The summed E-state index contributed by atoms with van der Waals surface area (Å²) in [6, 6.07) is 11.7. The fourth-order valence-electron chi connectivity index (χ4n) is 1.57. The second-order valence-electron chi connectivity index (χ2n) is 3.86. The molecule has 0 aliphatic carbocycles. The van der Waals surface area contributed by atoms with Gasteiger partial charge in [0.25, 0.3) is 5.91 Å². The SMILES string of the molecule is CN(Cc1ccccc1Br)C(=O)c1ccc(Br)s1. The second-order valence-corrected chi connectivity index (χ2v) is 7.17. The van der Waals surface area contributed by atoms with Crippen molar-refractivity contribution in [1.82, 2.24) is 4.90 Å². The number of carbonyl (C=O) groups is 1. The Bertz CT molecular complexity index is 568. The zero-order chi connectivity index (χ0) is 13.1. The minimum Gasteiger partial charge on any atom is -0.337 e. The molecule has 0 aliphatic rings. The highest BCUT2D eigenvalue weighted by atomic mass is 79.9. The molecule has 1 heterocycles. The third kappa shape index (κ3) is 3.22. The Morgan fingerprint density at radius 2 is 1.94 bits per heavy atom. The van der Waals surface area contributed by atoms with E-state index in [1.54, 1.807) is 4.90 Å². The van der Waals surface area contributed by atoms with E-state index in [0.717, 1.165) is 18.7 Å². The molecular weight excluding hydrogens is 378 g/mol. The van der Waals surface area contributed by atoms with Gasteiger partial charge in [-0.3, -0.25) is 4.79 Å². The monoisotopic (exact) mass is 387 g/mol. The zero-order valence-electron chi connectivity index (χ0n) is 9.69. The van der Waals surface area contributed by atoms with Gasteiger partial charge < -0.3 is 4.90 Å². The van der Waals surface area contributed by atoms with Gasteiger partial charge in [0.2, 0.25) is 0 Å². The Kier molecular flexibility index (Phi) is 4.59. The first kappa shape index (κ1) is 13.8. The molecule has 0 aliphatic heterocycles. The number of hydrogen-bond donors (Lipinski definition) is 0. The lowest BCUT2D eigenvalue weighted by Gasteiger charge is -2.17. The van der Waals surface area contributed by atoms with Crippen molar-refractivity contribution in [2.24, 2.45) is 0 Å². The fraction of sp³-hybridized carbons (Fsp3) is 0.154. The Labute approximate surface area is 127 Å². The van der Waals surface area contributed by atoms with E-state index in [9.17, 15) is 4.79 Å². The number of halogens is 2. The quantitative estimate of drug-likeness (QED) is 0.755. The molecule has 2 rings (SSSR count). The van der Waals surface area contributed by atoms with E-state index in [1.165, 1.54) is 11.3 Å². The van der Waals surface area contributed by atoms with Crippen LogP contribution in [0.4, 0.5) is 0 Å². The summed E-state index contributed by atoms with van der Waals surface area (Å²) in [5, 5.41) is 0. The third-order valence-corrected chi connectivity index (χ3v) is 4.88. The molecule has 0 saturated heterocycles. The van der Waals surface area contributed by atoms with Crippen LogP contribution in [0, 0.1) is 0 Å². The molecule has 94 valence electrons. The summed E-state index contributed by atoms with van der Waals surface area (Å²) in [4.78, 5) is 14.6. The lowest BCUT2D eigenvalue weighted by molar-refractivity contribution is 0.0789. The molecule has 0 N–H and O–H groups in total. The average Bonchev–Trinajstić information content (AvgIpc) is 2.78. The number of hydrogen-bond acceptors (Lipinski definition) is 2. The zero-order valence-corrected chi connectivity index (χ0v) is 13.7. The molecule has 1 aromatic carbocycles. The van der Waals surface area contributed by atoms with Crippen molar-refractivity contribution >= 4 is 49.1 Å². The van der Waals surface area contributed by atoms with E-state index >= 15 is 0 Å². The summed E-state index contributed by atoms with van der Waals surface area (Å²) in [5.74, 6) is 0.0430. The highest BCUT2D eigenvalue weighted by Gasteiger charge is 2.14. The maximum Gasteiger partial charge on any atom is 0.264 e.